The normalized spacial score (nSPS) is 25.6. The maximum Gasteiger partial charge on any atom is 0.00719 e. The molecule has 1 aliphatic rings. The minimum Gasteiger partial charge on any atom is -0.319 e. The minimum atomic E-state index is 0.548. The summed E-state index contributed by atoms with van der Waals surface area (Å²) in [4.78, 5) is 1.41. The lowest BCUT2D eigenvalue weighted by Gasteiger charge is -2.41. The summed E-state index contributed by atoms with van der Waals surface area (Å²) in [5, 5.41) is 3.40. The van der Waals surface area contributed by atoms with Gasteiger partial charge in [0.2, 0.25) is 0 Å². The first-order valence-electron chi connectivity index (χ1n) is 7.93. The van der Waals surface area contributed by atoms with Crippen molar-refractivity contribution in [3.05, 3.63) is 30.3 Å². The molecule has 0 amide bonds. The average Bonchev–Trinajstić information content (AvgIpc) is 2.43. The van der Waals surface area contributed by atoms with Crippen LogP contribution < -0.4 is 5.32 Å². The van der Waals surface area contributed by atoms with Gasteiger partial charge in [0.25, 0.3) is 0 Å². The zero-order valence-electron chi connectivity index (χ0n) is 13.2. The van der Waals surface area contributed by atoms with Crippen LogP contribution >= 0.6 is 11.8 Å². The maximum atomic E-state index is 3.40. The lowest BCUT2D eigenvalue weighted by atomic mass is 9.66. The Morgan fingerprint density at radius 2 is 1.95 bits per heavy atom. The maximum absolute atomic E-state index is 3.40. The number of thioether (sulfide) groups is 1. The predicted molar refractivity (Wildman–Crippen MR) is 90.3 cm³/mol. The molecule has 2 heteroatoms. The van der Waals surface area contributed by atoms with E-state index in [4.69, 9.17) is 0 Å². The third-order valence-corrected chi connectivity index (χ3v) is 5.69. The third kappa shape index (κ3) is 4.82. The molecule has 112 valence electrons. The fraction of sp³-hybridized carbons (Fsp3) is 0.667. The Morgan fingerprint density at radius 3 is 2.65 bits per heavy atom. The van der Waals surface area contributed by atoms with Gasteiger partial charge in [0, 0.05) is 4.90 Å². The van der Waals surface area contributed by atoms with Crippen molar-refractivity contribution in [1.82, 2.24) is 5.32 Å². The summed E-state index contributed by atoms with van der Waals surface area (Å²) in [6.45, 7) is 6.08. The van der Waals surface area contributed by atoms with E-state index < -0.39 is 0 Å². The summed E-state index contributed by atoms with van der Waals surface area (Å²) < 4.78 is 0. The third-order valence-electron chi connectivity index (χ3n) is 4.64. The van der Waals surface area contributed by atoms with Crippen LogP contribution in [0.3, 0.4) is 0 Å². The fourth-order valence-electron chi connectivity index (χ4n) is 3.50. The van der Waals surface area contributed by atoms with Gasteiger partial charge in [-0.05, 0) is 74.4 Å². The van der Waals surface area contributed by atoms with E-state index in [0.717, 1.165) is 11.8 Å². The first kappa shape index (κ1) is 15.9. The summed E-state index contributed by atoms with van der Waals surface area (Å²) in [7, 11) is 2.09. The zero-order chi connectivity index (χ0) is 14.4. The molecule has 1 N–H and O–H groups in total. The van der Waals surface area contributed by atoms with Crippen LogP contribution in [0.1, 0.15) is 39.5 Å². The zero-order valence-corrected chi connectivity index (χ0v) is 14.0. The van der Waals surface area contributed by atoms with Crippen molar-refractivity contribution in [1.29, 1.82) is 0 Å². The van der Waals surface area contributed by atoms with Crippen LogP contribution in [0.15, 0.2) is 35.2 Å². The number of hydrogen-bond acceptors (Lipinski definition) is 2. The van der Waals surface area contributed by atoms with Gasteiger partial charge in [0.1, 0.15) is 0 Å². The average molecular weight is 292 g/mol. The summed E-state index contributed by atoms with van der Waals surface area (Å²) in [5.41, 5.74) is 0.548. The molecule has 2 atom stereocenters. The molecular weight excluding hydrogens is 262 g/mol. The lowest BCUT2D eigenvalue weighted by Crippen LogP contribution is -2.35. The second kappa shape index (κ2) is 7.51. The largest absolute Gasteiger partial charge is 0.319 e. The molecule has 1 aromatic carbocycles. The van der Waals surface area contributed by atoms with E-state index in [2.05, 4.69) is 56.5 Å². The van der Waals surface area contributed by atoms with E-state index in [-0.39, 0.29) is 0 Å². The molecule has 20 heavy (non-hydrogen) atoms. The molecular formula is C18H29NS. The number of rotatable bonds is 6. The number of benzene rings is 1. The lowest BCUT2D eigenvalue weighted by molar-refractivity contribution is 0.115. The molecule has 0 aliphatic heterocycles. The van der Waals surface area contributed by atoms with Crippen molar-refractivity contribution < 1.29 is 0 Å². The molecule has 0 heterocycles. The van der Waals surface area contributed by atoms with Crippen LogP contribution in [-0.2, 0) is 0 Å². The Labute approximate surface area is 128 Å². The first-order chi connectivity index (χ1) is 9.61. The van der Waals surface area contributed by atoms with Gasteiger partial charge in [-0.1, -0.05) is 32.0 Å². The van der Waals surface area contributed by atoms with Crippen molar-refractivity contribution in [2.45, 2.75) is 44.4 Å². The number of nitrogens with one attached hydrogen (secondary N) is 1. The molecule has 1 aliphatic carbocycles. The van der Waals surface area contributed by atoms with Gasteiger partial charge in [-0.15, -0.1) is 11.8 Å². The van der Waals surface area contributed by atoms with Crippen LogP contribution in [0.25, 0.3) is 0 Å². The van der Waals surface area contributed by atoms with Crippen LogP contribution in [0, 0.1) is 17.3 Å². The molecule has 2 rings (SSSR count). The Morgan fingerprint density at radius 1 is 1.20 bits per heavy atom. The highest BCUT2D eigenvalue weighted by Gasteiger charge is 2.33. The topological polar surface area (TPSA) is 12.0 Å². The second-order valence-electron chi connectivity index (χ2n) is 6.94. The fourth-order valence-corrected chi connectivity index (χ4v) is 4.51. The second-order valence-corrected chi connectivity index (χ2v) is 8.10. The van der Waals surface area contributed by atoms with E-state index in [9.17, 15) is 0 Å². The van der Waals surface area contributed by atoms with Crippen molar-refractivity contribution >= 4 is 11.8 Å². The molecule has 1 saturated carbocycles. The van der Waals surface area contributed by atoms with Gasteiger partial charge in [-0.3, -0.25) is 0 Å². The van der Waals surface area contributed by atoms with Crippen LogP contribution in [0.5, 0.6) is 0 Å². The predicted octanol–water partition coefficient (Wildman–Crippen LogP) is 4.83. The van der Waals surface area contributed by atoms with E-state index in [1.54, 1.807) is 0 Å². The highest BCUT2D eigenvalue weighted by molar-refractivity contribution is 7.99. The molecule has 0 bridgehead atoms. The van der Waals surface area contributed by atoms with Crippen molar-refractivity contribution in [3.63, 3.8) is 0 Å². The Balaban J connectivity index is 1.84. The van der Waals surface area contributed by atoms with E-state index in [1.807, 2.05) is 11.8 Å². The molecule has 0 saturated heterocycles. The summed E-state index contributed by atoms with van der Waals surface area (Å²) in [6, 6.07) is 10.8. The summed E-state index contributed by atoms with van der Waals surface area (Å²) >= 11 is 2.01. The van der Waals surface area contributed by atoms with Crippen molar-refractivity contribution in [2.24, 2.45) is 17.3 Å². The molecule has 2 unspecified atom stereocenters. The van der Waals surface area contributed by atoms with Gasteiger partial charge in [-0.25, -0.2) is 0 Å². The Hall–Kier alpha value is -0.470. The monoisotopic (exact) mass is 291 g/mol. The molecule has 1 nitrogen and oxygen atoms in total. The van der Waals surface area contributed by atoms with Crippen molar-refractivity contribution in [2.75, 3.05) is 19.3 Å². The molecule has 0 radical (unpaired) electrons. The summed E-state index contributed by atoms with van der Waals surface area (Å²) in [5.74, 6) is 3.03. The standard InChI is InChI=1S/C18H29NS/c1-18(2)11-9-16(14-19-3)15(13-18)10-12-20-17-7-5-4-6-8-17/h4-8,15-16,19H,9-14H2,1-3H3. The van der Waals surface area contributed by atoms with Crippen LogP contribution in [0.4, 0.5) is 0 Å². The quantitative estimate of drug-likeness (QED) is 0.753. The van der Waals surface area contributed by atoms with Crippen molar-refractivity contribution in [3.8, 4) is 0 Å². The van der Waals surface area contributed by atoms with Gasteiger partial charge in [-0.2, -0.15) is 0 Å². The van der Waals surface area contributed by atoms with Gasteiger partial charge in [0.05, 0.1) is 0 Å². The molecule has 0 aromatic heterocycles. The SMILES string of the molecule is CNCC1CCC(C)(C)CC1CCSc1ccccc1. The van der Waals surface area contributed by atoms with E-state index >= 15 is 0 Å². The Bertz CT molecular complexity index is 388. The highest BCUT2D eigenvalue weighted by Crippen LogP contribution is 2.43. The summed E-state index contributed by atoms with van der Waals surface area (Å²) in [6.07, 6.45) is 5.54. The minimum absolute atomic E-state index is 0.548. The Kier molecular flexibility index (Phi) is 5.98. The van der Waals surface area contributed by atoms with E-state index in [1.165, 1.54) is 42.9 Å². The van der Waals surface area contributed by atoms with Crippen LogP contribution in [-0.4, -0.2) is 19.3 Å². The molecule has 1 aromatic rings. The van der Waals surface area contributed by atoms with Gasteiger partial charge < -0.3 is 5.32 Å². The van der Waals surface area contributed by atoms with Gasteiger partial charge in [0.15, 0.2) is 0 Å². The first-order valence-corrected chi connectivity index (χ1v) is 8.92. The smallest absolute Gasteiger partial charge is 0.00719 e. The number of hydrogen-bond donors (Lipinski definition) is 1. The molecule has 0 spiro atoms. The van der Waals surface area contributed by atoms with Gasteiger partial charge >= 0.3 is 0 Å². The van der Waals surface area contributed by atoms with Crippen LogP contribution in [0.2, 0.25) is 0 Å². The van der Waals surface area contributed by atoms with E-state index in [0.29, 0.717) is 5.41 Å². The highest BCUT2D eigenvalue weighted by atomic mass is 32.2. The molecule has 1 fully saturated rings.